The van der Waals surface area contributed by atoms with E-state index >= 15 is 0 Å². The second-order valence-electron chi connectivity index (χ2n) is 4.73. The summed E-state index contributed by atoms with van der Waals surface area (Å²) in [5, 5.41) is 7.65. The van der Waals surface area contributed by atoms with Gasteiger partial charge in [-0.3, -0.25) is 4.98 Å². The van der Waals surface area contributed by atoms with Crippen LogP contribution in [-0.4, -0.2) is 11.0 Å². The lowest BCUT2D eigenvalue weighted by Crippen LogP contribution is -2.28. The first kappa shape index (κ1) is 14.3. The van der Waals surface area contributed by atoms with Gasteiger partial charge >= 0.3 is 6.03 Å². The Bertz CT molecular complexity index is 742. The number of pyridine rings is 1. The lowest BCUT2D eigenvalue weighted by Gasteiger charge is -2.08. The second kappa shape index (κ2) is 6.87. The molecule has 2 N–H and O–H groups in total. The summed E-state index contributed by atoms with van der Waals surface area (Å²) in [4.78, 5) is 17.3. The molecule has 2 aromatic heterocycles. The molecule has 3 aromatic rings. The average Bonchev–Trinajstić information content (AvgIpc) is 3.09. The van der Waals surface area contributed by atoms with Crippen molar-refractivity contribution in [2.24, 2.45) is 0 Å². The number of anilines is 1. The number of rotatable bonds is 4. The van der Waals surface area contributed by atoms with E-state index in [1.807, 2.05) is 54.0 Å². The number of nitrogens with one attached hydrogen (secondary N) is 2. The third-order valence-electron chi connectivity index (χ3n) is 3.09. The minimum absolute atomic E-state index is 0.229. The van der Waals surface area contributed by atoms with Crippen LogP contribution in [0.25, 0.3) is 10.4 Å². The number of urea groups is 1. The average molecular weight is 309 g/mol. The Balaban J connectivity index is 1.60. The quantitative estimate of drug-likeness (QED) is 0.761. The van der Waals surface area contributed by atoms with Crippen LogP contribution in [0.4, 0.5) is 10.5 Å². The Morgan fingerprint density at radius 1 is 1.09 bits per heavy atom. The van der Waals surface area contributed by atoms with Crippen molar-refractivity contribution in [2.45, 2.75) is 6.54 Å². The molecule has 0 saturated carbocycles. The molecule has 0 spiro atoms. The summed E-state index contributed by atoms with van der Waals surface area (Å²) >= 11 is 1.67. The summed E-state index contributed by atoms with van der Waals surface area (Å²) in [6.45, 7) is 0.435. The number of para-hydroxylation sites is 1. The zero-order chi connectivity index (χ0) is 15.2. The van der Waals surface area contributed by atoms with Crippen LogP contribution in [0, 0.1) is 0 Å². The minimum atomic E-state index is -0.229. The van der Waals surface area contributed by atoms with Crippen LogP contribution in [0.1, 0.15) is 5.56 Å². The van der Waals surface area contributed by atoms with Crippen LogP contribution in [0.5, 0.6) is 0 Å². The van der Waals surface area contributed by atoms with Crippen molar-refractivity contribution in [1.82, 2.24) is 10.3 Å². The summed E-state index contributed by atoms with van der Waals surface area (Å²) in [5.74, 6) is 0. The Labute approximate surface area is 132 Å². The topological polar surface area (TPSA) is 54.0 Å². The predicted octanol–water partition coefficient (Wildman–Crippen LogP) is 4.13. The first-order chi connectivity index (χ1) is 10.8. The van der Waals surface area contributed by atoms with E-state index in [1.165, 1.54) is 4.88 Å². The van der Waals surface area contributed by atoms with Gasteiger partial charge in [0.2, 0.25) is 0 Å². The molecular weight excluding hydrogens is 294 g/mol. The van der Waals surface area contributed by atoms with Crippen LogP contribution >= 0.6 is 11.3 Å². The van der Waals surface area contributed by atoms with Gasteiger partial charge in [0, 0.05) is 35.1 Å². The number of carbonyl (C=O) groups excluding carboxylic acids is 1. The van der Waals surface area contributed by atoms with Gasteiger partial charge in [0.05, 0.1) is 0 Å². The van der Waals surface area contributed by atoms with E-state index in [2.05, 4.69) is 21.7 Å². The SMILES string of the molecule is O=C(NCc1cncc(-c2cccs2)c1)Nc1ccccc1. The van der Waals surface area contributed by atoms with Gasteiger partial charge < -0.3 is 10.6 Å². The van der Waals surface area contributed by atoms with Crippen molar-refractivity contribution in [3.05, 3.63) is 71.9 Å². The number of thiophene rings is 1. The highest BCUT2D eigenvalue weighted by Crippen LogP contribution is 2.24. The Morgan fingerprint density at radius 3 is 2.73 bits per heavy atom. The highest BCUT2D eigenvalue weighted by atomic mass is 32.1. The maximum atomic E-state index is 11.9. The van der Waals surface area contributed by atoms with Gasteiger partial charge in [-0.05, 0) is 35.2 Å². The highest BCUT2D eigenvalue weighted by molar-refractivity contribution is 7.13. The Kier molecular flexibility index (Phi) is 4.46. The van der Waals surface area contributed by atoms with Gasteiger partial charge in [-0.2, -0.15) is 0 Å². The number of benzene rings is 1. The number of aromatic nitrogens is 1. The van der Waals surface area contributed by atoms with Crippen LogP contribution in [-0.2, 0) is 6.54 Å². The summed E-state index contributed by atoms with van der Waals surface area (Å²) in [5.41, 5.74) is 2.80. The van der Waals surface area contributed by atoms with Crippen molar-refractivity contribution in [3.8, 4) is 10.4 Å². The summed E-state index contributed by atoms with van der Waals surface area (Å²) in [7, 11) is 0. The van der Waals surface area contributed by atoms with Crippen LogP contribution in [0.15, 0.2) is 66.3 Å². The van der Waals surface area contributed by atoms with E-state index in [1.54, 1.807) is 17.5 Å². The summed E-state index contributed by atoms with van der Waals surface area (Å²) < 4.78 is 0. The molecule has 0 atom stereocenters. The first-order valence-corrected chi connectivity index (χ1v) is 7.77. The largest absolute Gasteiger partial charge is 0.334 e. The molecule has 22 heavy (non-hydrogen) atoms. The molecule has 110 valence electrons. The third-order valence-corrected chi connectivity index (χ3v) is 4.00. The standard InChI is InChI=1S/C17H15N3OS/c21-17(20-15-5-2-1-3-6-15)19-11-13-9-14(12-18-10-13)16-7-4-8-22-16/h1-10,12H,11H2,(H2,19,20,21). The molecular formula is C17H15N3OS. The van der Waals surface area contributed by atoms with Gasteiger partial charge in [-0.15, -0.1) is 11.3 Å². The molecule has 0 aliphatic rings. The number of hydrogen-bond acceptors (Lipinski definition) is 3. The molecule has 0 radical (unpaired) electrons. The first-order valence-electron chi connectivity index (χ1n) is 6.89. The maximum Gasteiger partial charge on any atom is 0.319 e. The highest BCUT2D eigenvalue weighted by Gasteiger charge is 2.04. The summed E-state index contributed by atoms with van der Waals surface area (Å²) in [6.07, 6.45) is 3.60. The van der Waals surface area contributed by atoms with Gasteiger partial charge in [0.25, 0.3) is 0 Å². The third kappa shape index (κ3) is 3.71. The predicted molar refractivity (Wildman–Crippen MR) is 89.9 cm³/mol. The maximum absolute atomic E-state index is 11.9. The van der Waals surface area contributed by atoms with Gasteiger partial charge in [-0.25, -0.2) is 4.79 Å². The molecule has 0 aliphatic carbocycles. The van der Waals surface area contributed by atoms with E-state index in [0.717, 1.165) is 16.8 Å². The monoisotopic (exact) mass is 309 g/mol. The molecule has 2 amide bonds. The van der Waals surface area contributed by atoms with E-state index in [-0.39, 0.29) is 6.03 Å². The zero-order valence-corrected chi connectivity index (χ0v) is 12.6. The van der Waals surface area contributed by atoms with Gasteiger partial charge in [-0.1, -0.05) is 24.3 Å². The molecule has 0 bridgehead atoms. The fourth-order valence-corrected chi connectivity index (χ4v) is 2.75. The number of carbonyl (C=O) groups is 1. The lowest BCUT2D eigenvalue weighted by atomic mass is 10.2. The van der Waals surface area contributed by atoms with E-state index < -0.39 is 0 Å². The van der Waals surface area contributed by atoms with Crippen molar-refractivity contribution in [3.63, 3.8) is 0 Å². The van der Waals surface area contributed by atoms with Crippen molar-refractivity contribution in [2.75, 3.05) is 5.32 Å². The van der Waals surface area contributed by atoms with Gasteiger partial charge in [0.1, 0.15) is 0 Å². The van der Waals surface area contributed by atoms with Crippen LogP contribution in [0.2, 0.25) is 0 Å². The molecule has 3 rings (SSSR count). The number of amides is 2. The van der Waals surface area contributed by atoms with Gasteiger partial charge in [0.15, 0.2) is 0 Å². The van der Waals surface area contributed by atoms with Crippen LogP contribution < -0.4 is 10.6 Å². The molecule has 2 heterocycles. The minimum Gasteiger partial charge on any atom is -0.334 e. The van der Waals surface area contributed by atoms with Crippen molar-refractivity contribution in [1.29, 1.82) is 0 Å². The van der Waals surface area contributed by atoms with E-state index in [0.29, 0.717) is 6.54 Å². The fourth-order valence-electron chi connectivity index (χ4n) is 2.04. The number of hydrogen-bond donors (Lipinski definition) is 2. The van der Waals surface area contributed by atoms with Crippen LogP contribution in [0.3, 0.4) is 0 Å². The van der Waals surface area contributed by atoms with E-state index in [9.17, 15) is 4.79 Å². The van der Waals surface area contributed by atoms with Crippen molar-refractivity contribution >= 4 is 23.1 Å². The Morgan fingerprint density at radius 2 is 1.95 bits per heavy atom. The second-order valence-corrected chi connectivity index (χ2v) is 5.68. The Hall–Kier alpha value is -2.66. The van der Waals surface area contributed by atoms with Crippen molar-refractivity contribution < 1.29 is 4.79 Å². The zero-order valence-electron chi connectivity index (χ0n) is 11.8. The van der Waals surface area contributed by atoms with E-state index in [4.69, 9.17) is 0 Å². The molecule has 5 heteroatoms. The molecule has 0 aliphatic heterocycles. The summed E-state index contributed by atoms with van der Waals surface area (Å²) in [6, 6.07) is 15.2. The molecule has 0 saturated heterocycles. The molecule has 4 nitrogen and oxygen atoms in total. The molecule has 0 fully saturated rings. The number of nitrogens with zero attached hydrogens (tertiary/aromatic N) is 1. The smallest absolute Gasteiger partial charge is 0.319 e. The lowest BCUT2D eigenvalue weighted by molar-refractivity contribution is 0.251. The molecule has 0 unspecified atom stereocenters. The normalized spacial score (nSPS) is 10.2. The fraction of sp³-hybridized carbons (Fsp3) is 0.0588. The molecule has 1 aromatic carbocycles.